The van der Waals surface area contributed by atoms with E-state index in [2.05, 4.69) is 11.2 Å². The predicted octanol–water partition coefficient (Wildman–Crippen LogP) is 1.74. The lowest BCUT2D eigenvalue weighted by Crippen LogP contribution is -1.78. The molecular weight excluding hydrogens is 137 g/mol. The molecule has 0 saturated heterocycles. The van der Waals surface area contributed by atoms with Crippen LogP contribution in [0.3, 0.4) is 0 Å². The molecule has 3 heteroatoms. The van der Waals surface area contributed by atoms with Crippen LogP contribution in [0.1, 0.15) is 0 Å². The maximum Gasteiger partial charge on any atom is 0.142 e. The van der Waals surface area contributed by atoms with Crippen LogP contribution < -0.4 is 0 Å². The van der Waals surface area contributed by atoms with Crippen LogP contribution in [-0.2, 0) is 0 Å². The van der Waals surface area contributed by atoms with Crippen LogP contribution in [0, 0.1) is 12.0 Å². The normalized spacial score (nSPS) is 9.56. The quantitative estimate of drug-likeness (QED) is 0.554. The number of rotatable bonds is 1. The number of nitrogens with zero attached hydrogens (tertiary/aromatic N) is 1. The third kappa shape index (κ3) is 1.68. The van der Waals surface area contributed by atoms with Crippen LogP contribution in [0.2, 0.25) is 0 Å². The summed E-state index contributed by atoms with van der Waals surface area (Å²) >= 11 is 1.42. The van der Waals surface area contributed by atoms with E-state index in [4.69, 9.17) is 0 Å². The molecule has 0 aromatic carbocycles. The van der Waals surface area contributed by atoms with Gasteiger partial charge in [0.1, 0.15) is 12.0 Å². The standard InChI is InChI=1S/C6H5FNS/c1-9-6-2-5(7)3-8-4-6/h2-3H,1H3. The summed E-state index contributed by atoms with van der Waals surface area (Å²) in [6, 6.07) is 1.40. The van der Waals surface area contributed by atoms with Crippen molar-refractivity contribution in [3.05, 3.63) is 24.3 Å². The van der Waals surface area contributed by atoms with Gasteiger partial charge in [0.05, 0.1) is 6.20 Å². The van der Waals surface area contributed by atoms with Crippen molar-refractivity contribution in [2.75, 3.05) is 6.26 Å². The first kappa shape index (κ1) is 6.55. The van der Waals surface area contributed by atoms with Crippen molar-refractivity contribution in [3.8, 4) is 0 Å². The Morgan fingerprint density at radius 1 is 1.78 bits per heavy atom. The summed E-state index contributed by atoms with van der Waals surface area (Å²) in [7, 11) is 0. The highest BCUT2D eigenvalue weighted by Gasteiger charge is 1.91. The van der Waals surface area contributed by atoms with Crippen LogP contribution in [0.4, 0.5) is 4.39 Å². The first-order valence-corrected chi connectivity index (χ1v) is 3.62. The van der Waals surface area contributed by atoms with Crippen LogP contribution in [0.5, 0.6) is 0 Å². The van der Waals surface area contributed by atoms with E-state index in [9.17, 15) is 4.39 Å². The summed E-state index contributed by atoms with van der Waals surface area (Å²) < 4.78 is 12.3. The highest BCUT2D eigenvalue weighted by Crippen LogP contribution is 2.11. The van der Waals surface area contributed by atoms with E-state index in [0.717, 1.165) is 11.1 Å². The van der Waals surface area contributed by atoms with Crippen molar-refractivity contribution < 1.29 is 4.39 Å². The van der Waals surface area contributed by atoms with Crippen molar-refractivity contribution >= 4 is 11.8 Å². The molecule has 0 N–H and O–H groups in total. The van der Waals surface area contributed by atoms with Gasteiger partial charge in [-0.25, -0.2) is 4.39 Å². The Bertz CT molecular complexity index is 202. The van der Waals surface area contributed by atoms with E-state index in [0.29, 0.717) is 0 Å². The molecule has 1 rings (SSSR count). The maximum absolute atomic E-state index is 12.3. The van der Waals surface area contributed by atoms with Gasteiger partial charge >= 0.3 is 0 Å². The molecule has 1 radical (unpaired) electrons. The molecule has 0 atom stereocenters. The van der Waals surface area contributed by atoms with Crippen LogP contribution in [0.25, 0.3) is 0 Å². The third-order valence-electron chi connectivity index (χ3n) is 0.852. The molecule has 1 nitrogen and oxygen atoms in total. The highest BCUT2D eigenvalue weighted by atomic mass is 32.2. The van der Waals surface area contributed by atoms with Gasteiger partial charge in [0.2, 0.25) is 0 Å². The van der Waals surface area contributed by atoms with Gasteiger partial charge in [-0.1, -0.05) is 0 Å². The summed E-state index contributed by atoms with van der Waals surface area (Å²) in [5.41, 5.74) is 0. The molecule has 1 aromatic rings. The number of hydrogen-bond donors (Lipinski definition) is 0. The second-order valence-electron chi connectivity index (χ2n) is 1.47. The van der Waals surface area contributed by atoms with E-state index in [1.807, 2.05) is 6.26 Å². The zero-order chi connectivity index (χ0) is 6.69. The molecule has 0 bridgehead atoms. The van der Waals surface area contributed by atoms with Crippen LogP contribution in [-0.4, -0.2) is 11.2 Å². The molecule has 9 heavy (non-hydrogen) atoms. The minimum atomic E-state index is -0.307. The Balaban J connectivity index is 2.94. The largest absolute Gasteiger partial charge is 0.250 e. The van der Waals surface area contributed by atoms with Crippen molar-refractivity contribution in [1.82, 2.24) is 4.98 Å². The SMILES string of the molecule is CSc1[c]ncc(F)c1. The Morgan fingerprint density at radius 2 is 2.56 bits per heavy atom. The smallest absolute Gasteiger partial charge is 0.142 e. The molecule has 0 saturated carbocycles. The van der Waals surface area contributed by atoms with Gasteiger partial charge in [-0.2, -0.15) is 0 Å². The van der Waals surface area contributed by atoms with Gasteiger partial charge in [0.25, 0.3) is 0 Å². The Morgan fingerprint density at radius 3 is 3.00 bits per heavy atom. The first-order valence-electron chi connectivity index (χ1n) is 2.40. The van der Waals surface area contributed by atoms with Gasteiger partial charge in [0, 0.05) is 4.90 Å². The van der Waals surface area contributed by atoms with Crippen molar-refractivity contribution in [2.24, 2.45) is 0 Å². The average molecular weight is 142 g/mol. The van der Waals surface area contributed by atoms with E-state index < -0.39 is 0 Å². The minimum Gasteiger partial charge on any atom is -0.250 e. The lowest BCUT2D eigenvalue weighted by molar-refractivity contribution is 0.616. The zero-order valence-electron chi connectivity index (χ0n) is 4.89. The minimum absolute atomic E-state index is 0.307. The van der Waals surface area contributed by atoms with E-state index in [1.54, 1.807) is 0 Å². The molecule has 1 aromatic heterocycles. The van der Waals surface area contributed by atoms with Crippen molar-refractivity contribution in [3.63, 3.8) is 0 Å². The van der Waals surface area contributed by atoms with Gasteiger partial charge in [-0.05, 0) is 12.3 Å². The summed E-state index contributed by atoms with van der Waals surface area (Å²) in [5, 5.41) is 0. The fourth-order valence-electron chi connectivity index (χ4n) is 0.457. The van der Waals surface area contributed by atoms with Gasteiger partial charge in [-0.3, -0.25) is 4.98 Å². The van der Waals surface area contributed by atoms with E-state index >= 15 is 0 Å². The number of thioether (sulfide) groups is 1. The molecule has 0 fully saturated rings. The Labute approximate surface area is 57.3 Å². The van der Waals surface area contributed by atoms with Crippen molar-refractivity contribution in [2.45, 2.75) is 4.90 Å². The number of pyridine rings is 1. The zero-order valence-corrected chi connectivity index (χ0v) is 5.70. The lowest BCUT2D eigenvalue weighted by Gasteiger charge is -1.90. The van der Waals surface area contributed by atoms with Gasteiger partial charge < -0.3 is 0 Å². The number of halogens is 1. The van der Waals surface area contributed by atoms with Crippen molar-refractivity contribution in [1.29, 1.82) is 0 Å². The number of hydrogen-bond acceptors (Lipinski definition) is 2. The second kappa shape index (κ2) is 2.82. The monoisotopic (exact) mass is 142 g/mol. The first-order chi connectivity index (χ1) is 4.33. The fraction of sp³-hybridized carbons (Fsp3) is 0.167. The topological polar surface area (TPSA) is 12.9 Å². The fourth-order valence-corrected chi connectivity index (χ4v) is 0.831. The lowest BCUT2D eigenvalue weighted by atomic mass is 10.5. The number of aromatic nitrogens is 1. The maximum atomic E-state index is 12.3. The van der Waals surface area contributed by atoms with E-state index in [1.165, 1.54) is 17.8 Å². The molecule has 0 aliphatic heterocycles. The highest BCUT2D eigenvalue weighted by molar-refractivity contribution is 7.98. The molecule has 0 amide bonds. The molecule has 0 aliphatic rings. The second-order valence-corrected chi connectivity index (χ2v) is 2.32. The van der Waals surface area contributed by atoms with Gasteiger partial charge in [-0.15, -0.1) is 11.8 Å². The third-order valence-corrected chi connectivity index (χ3v) is 1.50. The molecule has 47 valence electrons. The molecule has 0 unspecified atom stereocenters. The summed E-state index contributed by atoms with van der Waals surface area (Å²) in [6.07, 6.45) is 5.62. The summed E-state index contributed by atoms with van der Waals surface area (Å²) in [5.74, 6) is -0.307. The van der Waals surface area contributed by atoms with E-state index in [-0.39, 0.29) is 5.82 Å². The summed E-state index contributed by atoms with van der Waals surface area (Å²) in [6.45, 7) is 0. The molecule has 0 spiro atoms. The van der Waals surface area contributed by atoms with Crippen LogP contribution in [0.15, 0.2) is 17.2 Å². The molecular formula is C6H5FNS. The van der Waals surface area contributed by atoms with Gasteiger partial charge in [0.15, 0.2) is 0 Å². The molecule has 1 heterocycles. The predicted molar refractivity (Wildman–Crippen MR) is 34.8 cm³/mol. The summed E-state index contributed by atoms with van der Waals surface area (Å²) in [4.78, 5) is 4.27. The Kier molecular flexibility index (Phi) is 2.05. The molecule has 0 aliphatic carbocycles. The van der Waals surface area contributed by atoms with Crippen LogP contribution >= 0.6 is 11.8 Å². The average Bonchev–Trinajstić information content (AvgIpc) is 1.88. The Hall–Kier alpha value is -0.570.